The molecule has 0 bridgehead atoms. The minimum absolute atomic E-state index is 0.0257. The molecule has 4 aromatic rings. The molecule has 6 nitrogen and oxygen atoms in total. The molecule has 1 unspecified atom stereocenters. The molecule has 6 heteroatoms. The van der Waals surface area contributed by atoms with Gasteiger partial charge >= 0.3 is 6.09 Å². The number of aromatic nitrogens is 2. The lowest BCUT2D eigenvalue weighted by Gasteiger charge is -2.37. The van der Waals surface area contributed by atoms with Crippen molar-refractivity contribution in [3.8, 4) is 11.1 Å². The predicted molar refractivity (Wildman–Crippen MR) is 143 cm³/mol. The van der Waals surface area contributed by atoms with Gasteiger partial charge in [0.05, 0.1) is 5.69 Å². The summed E-state index contributed by atoms with van der Waals surface area (Å²) in [6.45, 7) is 4.30. The van der Waals surface area contributed by atoms with Crippen LogP contribution in [0.2, 0.25) is 0 Å². The largest absolute Gasteiger partial charge is 0.443 e. The van der Waals surface area contributed by atoms with E-state index in [2.05, 4.69) is 31.1 Å². The van der Waals surface area contributed by atoms with Crippen LogP contribution in [0.15, 0.2) is 91.1 Å². The summed E-state index contributed by atoms with van der Waals surface area (Å²) >= 11 is 0. The van der Waals surface area contributed by atoms with E-state index in [1.807, 2.05) is 77.7 Å². The van der Waals surface area contributed by atoms with Crippen LogP contribution in [-0.4, -0.2) is 38.8 Å². The zero-order chi connectivity index (χ0) is 25.8. The van der Waals surface area contributed by atoms with Crippen LogP contribution < -0.4 is 0 Å². The lowest BCUT2D eigenvalue weighted by Crippen LogP contribution is -2.47. The molecule has 1 aromatic heterocycles. The molecular weight excluding hydrogens is 462 g/mol. The van der Waals surface area contributed by atoms with Crippen molar-refractivity contribution >= 4 is 12.0 Å². The number of nitrogens with zero attached hydrogens (tertiary/aromatic N) is 3. The third kappa shape index (κ3) is 5.48. The van der Waals surface area contributed by atoms with Gasteiger partial charge in [-0.05, 0) is 67.5 Å². The maximum atomic E-state index is 13.6. The summed E-state index contributed by atoms with van der Waals surface area (Å²) in [4.78, 5) is 28.2. The summed E-state index contributed by atoms with van der Waals surface area (Å²) in [5.74, 6) is 0.0257. The van der Waals surface area contributed by atoms with E-state index in [0.29, 0.717) is 18.4 Å². The van der Waals surface area contributed by atoms with E-state index in [-0.39, 0.29) is 24.6 Å². The number of benzene rings is 3. The number of aryl methyl sites for hydroxylation is 1. The number of rotatable bonds is 6. The van der Waals surface area contributed by atoms with Gasteiger partial charge in [0.1, 0.15) is 6.61 Å². The van der Waals surface area contributed by atoms with Gasteiger partial charge in [-0.2, -0.15) is 9.78 Å². The normalized spacial score (nSPS) is 14.7. The molecule has 0 fully saturated rings. The van der Waals surface area contributed by atoms with Crippen molar-refractivity contribution in [2.24, 2.45) is 0 Å². The van der Waals surface area contributed by atoms with Crippen LogP contribution in [0.25, 0.3) is 11.1 Å². The summed E-state index contributed by atoms with van der Waals surface area (Å²) in [5.41, 5.74) is 5.71. The Morgan fingerprint density at radius 3 is 2.27 bits per heavy atom. The fraction of sp³-hybridized carbons (Fsp3) is 0.258. The second-order valence-electron chi connectivity index (χ2n) is 9.73. The van der Waals surface area contributed by atoms with E-state index in [4.69, 9.17) is 4.74 Å². The second-order valence-corrected chi connectivity index (χ2v) is 9.73. The summed E-state index contributed by atoms with van der Waals surface area (Å²) in [6, 6.07) is 27.6. The molecule has 1 aliphatic rings. The number of hydrogen-bond donors (Lipinski definition) is 0. The highest BCUT2D eigenvalue weighted by molar-refractivity contribution is 5.95. The number of fused-ring (bicyclic) bond motifs is 1. The molecule has 0 aliphatic heterocycles. The minimum atomic E-state index is -0.495. The Bertz CT molecular complexity index is 1360. The first kappa shape index (κ1) is 24.5. The zero-order valence-corrected chi connectivity index (χ0v) is 21.2. The van der Waals surface area contributed by atoms with Gasteiger partial charge < -0.3 is 9.64 Å². The standard InChI is InChI=1S/C31H31N3O3/c1-22(2)34(30(35)26-15-13-25(14-16-26)24-11-7-4-8-12-24)28-17-18-29-27(19-28)20-33(32-29)31(36)37-21-23-9-5-3-6-10-23/h3-16,20,22,28H,17-19,21H2,1-2H3. The number of amides is 1. The average molecular weight is 494 g/mol. The molecule has 1 aliphatic carbocycles. The Labute approximate surface area is 217 Å². The van der Waals surface area contributed by atoms with Crippen LogP contribution in [0.4, 0.5) is 4.79 Å². The first-order valence-electron chi connectivity index (χ1n) is 12.8. The van der Waals surface area contributed by atoms with E-state index in [0.717, 1.165) is 34.4 Å². The van der Waals surface area contributed by atoms with Gasteiger partial charge in [0.2, 0.25) is 0 Å². The Morgan fingerprint density at radius 2 is 1.59 bits per heavy atom. The Hall–Kier alpha value is -4.19. The molecule has 1 amide bonds. The van der Waals surface area contributed by atoms with Crippen molar-refractivity contribution in [1.82, 2.24) is 14.7 Å². The van der Waals surface area contributed by atoms with Crippen molar-refractivity contribution in [3.05, 3.63) is 114 Å². The van der Waals surface area contributed by atoms with Crippen LogP contribution >= 0.6 is 0 Å². The fourth-order valence-electron chi connectivity index (χ4n) is 5.01. The van der Waals surface area contributed by atoms with E-state index < -0.39 is 6.09 Å². The summed E-state index contributed by atoms with van der Waals surface area (Å²) in [6.07, 6.45) is 3.43. The molecule has 0 saturated heterocycles. The van der Waals surface area contributed by atoms with E-state index in [9.17, 15) is 9.59 Å². The third-order valence-corrected chi connectivity index (χ3v) is 6.86. The number of hydrogen-bond acceptors (Lipinski definition) is 4. The summed E-state index contributed by atoms with van der Waals surface area (Å²) in [7, 11) is 0. The summed E-state index contributed by atoms with van der Waals surface area (Å²) < 4.78 is 6.73. The van der Waals surface area contributed by atoms with Gasteiger partial charge in [0.25, 0.3) is 5.91 Å². The fourth-order valence-corrected chi connectivity index (χ4v) is 5.01. The van der Waals surface area contributed by atoms with Crippen LogP contribution in [0, 0.1) is 0 Å². The van der Waals surface area contributed by atoms with E-state index >= 15 is 0 Å². The highest BCUT2D eigenvalue weighted by Gasteiger charge is 2.32. The van der Waals surface area contributed by atoms with Crippen LogP contribution in [0.1, 0.15) is 47.4 Å². The van der Waals surface area contributed by atoms with Gasteiger partial charge in [-0.1, -0.05) is 72.8 Å². The number of carbonyl (C=O) groups excluding carboxylic acids is 2. The van der Waals surface area contributed by atoms with Crippen molar-refractivity contribution in [1.29, 1.82) is 0 Å². The molecule has 188 valence electrons. The lowest BCUT2D eigenvalue weighted by molar-refractivity contribution is 0.0588. The number of carbonyl (C=O) groups is 2. The molecule has 0 radical (unpaired) electrons. The first-order chi connectivity index (χ1) is 18.0. The van der Waals surface area contributed by atoms with Gasteiger partial charge in [0, 0.05) is 23.8 Å². The Balaban J connectivity index is 1.28. The average Bonchev–Trinajstić information content (AvgIpc) is 3.36. The maximum Gasteiger partial charge on any atom is 0.435 e. The molecule has 5 rings (SSSR count). The topological polar surface area (TPSA) is 64.4 Å². The molecule has 0 saturated carbocycles. The third-order valence-electron chi connectivity index (χ3n) is 6.86. The van der Waals surface area contributed by atoms with Crippen molar-refractivity contribution in [2.45, 2.75) is 51.8 Å². The van der Waals surface area contributed by atoms with Crippen molar-refractivity contribution in [3.63, 3.8) is 0 Å². The lowest BCUT2D eigenvalue weighted by atomic mass is 9.91. The quantitative estimate of drug-likeness (QED) is 0.323. The second kappa shape index (κ2) is 10.8. The molecule has 0 N–H and O–H groups in total. The van der Waals surface area contributed by atoms with Gasteiger partial charge in [0.15, 0.2) is 0 Å². The SMILES string of the molecule is CC(C)N(C(=O)c1ccc(-c2ccccc2)cc1)C1CCc2nn(C(=O)OCc3ccccc3)cc2C1. The van der Waals surface area contributed by atoms with Gasteiger partial charge in [-0.3, -0.25) is 4.79 Å². The van der Waals surface area contributed by atoms with Crippen LogP contribution in [-0.2, 0) is 24.2 Å². The number of ether oxygens (including phenoxy) is 1. The van der Waals surface area contributed by atoms with Crippen molar-refractivity contribution in [2.75, 3.05) is 0 Å². The van der Waals surface area contributed by atoms with Crippen LogP contribution in [0.3, 0.4) is 0 Å². The Morgan fingerprint density at radius 1 is 0.946 bits per heavy atom. The molecule has 1 atom stereocenters. The summed E-state index contributed by atoms with van der Waals surface area (Å²) in [5, 5.41) is 4.48. The van der Waals surface area contributed by atoms with Crippen LogP contribution in [0.5, 0.6) is 0 Å². The first-order valence-corrected chi connectivity index (χ1v) is 12.8. The molecule has 3 aromatic carbocycles. The minimum Gasteiger partial charge on any atom is -0.443 e. The van der Waals surface area contributed by atoms with Crippen molar-refractivity contribution < 1.29 is 14.3 Å². The predicted octanol–water partition coefficient (Wildman–Crippen LogP) is 6.14. The molecule has 1 heterocycles. The molecular formula is C31H31N3O3. The molecule has 37 heavy (non-hydrogen) atoms. The molecule has 0 spiro atoms. The zero-order valence-electron chi connectivity index (χ0n) is 21.2. The highest BCUT2D eigenvalue weighted by Crippen LogP contribution is 2.27. The Kier molecular flexibility index (Phi) is 7.17. The van der Waals surface area contributed by atoms with Gasteiger partial charge in [-0.25, -0.2) is 4.79 Å². The van der Waals surface area contributed by atoms with E-state index in [1.54, 1.807) is 6.20 Å². The monoisotopic (exact) mass is 493 g/mol. The highest BCUT2D eigenvalue weighted by atomic mass is 16.6. The van der Waals surface area contributed by atoms with Gasteiger partial charge in [-0.15, -0.1) is 0 Å². The smallest absolute Gasteiger partial charge is 0.435 e. The maximum absolute atomic E-state index is 13.6. The van der Waals surface area contributed by atoms with E-state index in [1.165, 1.54) is 4.68 Å².